The van der Waals surface area contributed by atoms with Crippen LogP contribution >= 0.6 is 11.6 Å². The topological polar surface area (TPSA) is 75.7 Å². The van der Waals surface area contributed by atoms with Gasteiger partial charge in [0.1, 0.15) is 5.75 Å². The van der Waals surface area contributed by atoms with Crippen molar-refractivity contribution in [3.63, 3.8) is 0 Å². The zero-order valence-electron chi connectivity index (χ0n) is 17.7. The van der Waals surface area contributed by atoms with E-state index in [-0.39, 0.29) is 11.8 Å². The van der Waals surface area contributed by atoms with Crippen molar-refractivity contribution in [2.45, 2.75) is 37.5 Å². The molecule has 6 nitrogen and oxygen atoms in total. The molecule has 0 aliphatic carbocycles. The Morgan fingerprint density at radius 1 is 1.06 bits per heavy atom. The lowest BCUT2D eigenvalue weighted by atomic mass is 9.97. The van der Waals surface area contributed by atoms with Crippen molar-refractivity contribution in [3.8, 4) is 5.75 Å². The highest BCUT2D eigenvalue weighted by molar-refractivity contribution is 7.89. The summed E-state index contributed by atoms with van der Waals surface area (Å²) in [4.78, 5) is 12.7. The number of rotatable bonds is 9. The van der Waals surface area contributed by atoms with Crippen molar-refractivity contribution in [2.24, 2.45) is 5.92 Å². The fourth-order valence-electron chi connectivity index (χ4n) is 3.52. The number of benzene rings is 2. The lowest BCUT2D eigenvalue weighted by Crippen LogP contribution is -2.43. The molecular weight excluding hydrogens is 436 g/mol. The van der Waals surface area contributed by atoms with E-state index in [0.717, 1.165) is 24.2 Å². The van der Waals surface area contributed by atoms with E-state index in [1.165, 1.54) is 4.31 Å². The Morgan fingerprint density at radius 3 is 2.35 bits per heavy atom. The first-order chi connectivity index (χ1) is 14.9. The Balaban J connectivity index is 1.34. The molecule has 0 radical (unpaired) electrons. The van der Waals surface area contributed by atoms with Crippen LogP contribution in [0.15, 0.2) is 53.4 Å². The van der Waals surface area contributed by atoms with Crippen LogP contribution in [0.4, 0.5) is 0 Å². The third-order valence-electron chi connectivity index (χ3n) is 5.44. The number of carbonyl (C=O) groups is 1. The number of carbonyl (C=O) groups excluding carboxylic acids is 1. The van der Waals surface area contributed by atoms with Gasteiger partial charge in [-0.3, -0.25) is 4.79 Å². The van der Waals surface area contributed by atoms with Crippen LogP contribution in [0.2, 0.25) is 5.02 Å². The summed E-state index contributed by atoms with van der Waals surface area (Å²) in [6.45, 7) is 3.82. The van der Waals surface area contributed by atoms with Crippen molar-refractivity contribution < 1.29 is 17.9 Å². The highest BCUT2D eigenvalue weighted by Gasteiger charge is 2.31. The van der Waals surface area contributed by atoms with Crippen molar-refractivity contribution in [1.29, 1.82) is 0 Å². The van der Waals surface area contributed by atoms with Crippen molar-refractivity contribution in [2.75, 3.05) is 26.2 Å². The Bertz CT molecular complexity index is 954. The molecule has 0 unspecified atom stereocenters. The second kappa shape index (κ2) is 11.0. The standard InChI is InChI=1S/C23H29ClN2O4S/c1-18-4-10-22(11-5-18)31(28,29)26-15-12-19(13-16-26)23(27)25-14-2-3-17-30-21-8-6-20(24)7-9-21/h4-11,19H,2-3,12-17H2,1H3,(H,25,27). The summed E-state index contributed by atoms with van der Waals surface area (Å²) in [5.41, 5.74) is 1.02. The van der Waals surface area contributed by atoms with Gasteiger partial charge in [0, 0.05) is 30.6 Å². The maximum absolute atomic E-state index is 12.8. The van der Waals surface area contributed by atoms with Gasteiger partial charge in [-0.1, -0.05) is 29.3 Å². The molecule has 8 heteroatoms. The SMILES string of the molecule is Cc1ccc(S(=O)(=O)N2CCC(C(=O)NCCCCOc3ccc(Cl)cc3)CC2)cc1. The molecule has 1 heterocycles. The third kappa shape index (κ3) is 6.69. The van der Waals surface area contributed by atoms with Gasteiger partial charge < -0.3 is 10.1 Å². The smallest absolute Gasteiger partial charge is 0.243 e. The van der Waals surface area contributed by atoms with Gasteiger partial charge in [0.25, 0.3) is 0 Å². The van der Waals surface area contributed by atoms with Gasteiger partial charge in [-0.15, -0.1) is 0 Å². The van der Waals surface area contributed by atoms with Crippen molar-refractivity contribution in [3.05, 3.63) is 59.1 Å². The van der Waals surface area contributed by atoms with E-state index in [9.17, 15) is 13.2 Å². The zero-order valence-corrected chi connectivity index (χ0v) is 19.3. The molecule has 1 aliphatic heterocycles. The number of sulfonamides is 1. The summed E-state index contributed by atoms with van der Waals surface area (Å²) >= 11 is 5.84. The normalized spacial score (nSPS) is 15.5. The number of hydrogen-bond donors (Lipinski definition) is 1. The molecule has 1 fully saturated rings. The molecule has 3 rings (SSSR count). The number of unbranched alkanes of at least 4 members (excludes halogenated alkanes) is 1. The molecule has 31 heavy (non-hydrogen) atoms. The van der Waals surface area contributed by atoms with E-state index >= 15 is 0 Å². The van der Waals surface area contributed by atoms with Crippen LogP contribution < -0.4 is 10.1 Å². The maximum atomic E-state index is 12.8. The minimum atomic E-state index is -3.50. The van der Waals surface area contributed by atoms with Crippen LogP contribution in [0.5, 0.6) is 5.75 Å². The minimum absolute atomic E-state index is 0.00556. The predicted molar refractivity (Wildman–Crippen MR) is 122 cm³/mol. The summed E-state index contributed by atoms with van der Waals surface area (Å²) in [7, 11) is -3.50. The fourth-order valence-corrected chi connectivity index (χ4v) is 5.12. The number of halogens is 1. The molecule has 0 saturated carbocycles. The molecule has 1 saturated heterocycles. The summed E-state index contributed by atoms with van der Waals surface area (Å²) < 4.78 is 32.7. The number of nitrogens with one attached hydrogen (secondary N) is 1. The first-order valence-corrected chi connectivity index (χ1v) is 12.4. The highest BCUT2D eigenvalue weighted by Crippen LogP contribution is 2.24. The summed E-state index contributed by atoms with van der Waals surface area (Å²) in [5, 5.41) is 3.64. The lowest BCUT2D eigenvalue weighted by Gasteiger charge is -2.30. The second-order valence-electron chi connectivity index (χ2n) is 7.79. The molecule has 2 aromatic rings. The molecule has 0 atom stereocenters. The van der Waals surface area contributed by atoms with Crippen LogP contribution in [-0.2, 0) is 14.8 Å². The minimum Gasteiger partial charge on any atom is -0.494 e. The number of nitrogens with zero attached hydrogens (tertiary/aromatic N) is 1. The molecule has 0 spiro atoms. The molecule has 1 aliphatic rings. The van der Waals surface area contributed by atoms with Gasteiger partial charge in [-0.05, 0) is 69.0 Å². The van der Waals surface area contributed by atoms with Gasteiger partial charge >= 0.3 is 0 Å². The molecule has 1 amide bonds. The molecule has 1 N–H and O–H groups in total. The van der Waals surface area contributed by atoms with Crippen molar-refractivity contribution in [1.82, 2.24) is 9.62 Å². The average Bonchev–Trinajstić information content (AvgIpc) is 2.77. The number of piperidine rings is 1. The van der Waals surface area contributed by atoms with Gasteiger partial charge in [0.15, 0.2) is 0 Å². The zero-order chi connectivity index (χ0) is 22.3. The van der Waals surface area contributed by atoms with E-state index in [0.29, 0.717) is 49.0 Å². The van der Waals surface area contributed by atoms with Crippen LogP contribution in [0.25, 0.3) is 0 Å². The van der Waals surface area contributed by atoms with Crippen LogP contribution in [-0.4, -0.2) is 44.9 Å². The van der Waals surface area contributed by atoms with E-state index < -0.39 is 10.0 Å². The molecule has 2 aromatic carbocycles. The number of amides is 1. The third-order valence-corrected chi connectivity index (χ3v) is 7.60. The van der Waals surface area contributed by atoms with Crippen molar-refractivity contribution >= 4 is 27.5 Å². The van der Waals surface area contributed by atoms with Gasteiger partial charge in [-0.2, -0.15) is 4.31 Å². The molecule has 0 aromatic heterocycles. The summed E-state index contributed by atoms with van der Waals surface area (Å²) in [5.74, 6) is 0.640. The quantitative estimate of drug-likeness (QED) is 0.568. The molecule has 168 valence electrons. The Kier molecular flexibility index (Phi) is 8.35. The van der Waals surface area contributed by atoms with E-state index in [2.05, 4.69) is 5.32 Å². The number of aryl methyl sites for hydroxylation is 1. The van der Waals surface area contributed by atoms with Crippen LogP contribution in [0.1, 0.15) is 31.2 Å². The van der Waals surface area contributed by atoms with E-state index in [4.69, 9.17) is 16.3 Å². The Hall–Kier alpha value is -2.09. The Morgan fingerprint density at radius 2 is 1.71 bits per heavy atom. The molecule has 0 bridgehead atoms. The van der Waals surface area contributed by atoms with Crippen LogP contribution in [0, 0.1) is 12.8 Å². The largest absolute Gasteiger partial charge is 0.494 e. The average molecular weight is 465 g/mol. The summed E-state index contributed by atoms with van der Waals surface area (Å²) in [6.07, 6.45) is 2.73. The highest BCUT2D eigenvalue weighted by atomic mass is 35.5. The van der Waals surface area contributed by atoms with Crippen LogP contribution in [0.3, 0.4) is 0 Å². The van der Waals surface area contributed by atoms with Gasteiger partial charge in [-0.25, -0.2) is 8.42 Å². The van der Waals surface area contributed by atoms with E-state index in [1.807, 2.05) is 19.1 Å². The second-order valence-corrected chi connectivity index (χ2v) is 10.2. The van der Waals surface area contributed by atoms with Gasteiger partial charge in [0.05, 0.1) is 11.5 Å². The predicted octanol–water partition coefficient (Wildman–Crippen LogP) is 4.02. The number of ether oxygens (including phenoxy) is 1. The lowest BCUT2D eigenvalue weighted by molar-refractivity contribution is -0.126. The first-order valence-electron chi connectivity index (χ1n) is 10.6. The first kappa shape index (κ1) is 23.6. The maximum Gasteiger partial charge on any atom is 0.243 e. The Labute approximate surface area is 189 Å². The monoisotopic (exact) mass is 464 g/mol. The fraction of sp³-hybridized carbons (Fsp3) is 0.435. The summed E-state index contributed by atoms with van der Waals surface area (Å²) in [6, 6.07) is 14.1. The van der Waals surface area contributed by atoms with Gasteiger partial charge in [0.2, 0.25) is 15.9 Å². The molecular formula is C23H29ClN2O4S. The number of hydrogen-bond acceptors (Lipinski definition) is 4. The van der Waals surface area contributed by atoms with E-state index in [1.54, 1.807) is 36.4 Å².